The van der Waals surface area contributed by atoms with Crippen molar-refractivity contribution in [2.75, 3.05) is 0 Å². The molecule has 0 aromatic heterocycles. The molecule has 0 aromatic carbocycles. The van der Waals surface area contributed by atoms with Crippen LogP contribution in [0.3, 0.4) is 0 Å². The smallest absolute Gasteiger partial charge is 0.201 e. The van der Waals surface area contributed by atoms with Crippen molar-refractivity contribution in [1.82, 2.24) is 0 Å². The molecular weight excluding hydrogens is 167 g/mol. The van der Waals surface area contributed by atoms with Crippen LogP contribution in [0.2, 0.25) is 0 Å². The van der Waals surface area contributed by atoms with E-state index in [0.717, 1.165) is 6.92 Å². The second-order valence-electron chi connectivity index (χ2n) is 1.66. The van der Waals surface area contributed by atoms with E-state index in [1.54, 1.807) is 0 Å². The normalized spacial score (nSPS) is 13.3. The van der Waals surface area contributed by atoms with Crippen molar-refractivity contribution in [3.05, 3.63) is 11.4 Å². The summed E-state index contributed by atoms with van der Waals surface area (Å²) >= 11 is 0. The first-order valence-electron chi connectivity index (χ1n) is 2.44. The molecule has 0 N–H and O–H groups in total. The van der Waals surface area contributed by atoms with Crippen LogP contribution in [0.4, 0.5) is 22.0 Å². The predicted octanol–water partition coefficient (Wildman–Crippen LogP) is 2.72. The molecule has 0 aliphatic heterocycles. The SMILES string of the molecule is CC(C#CF)=C(F)C(F)(F)F. The standard InChI is InChI=1S/C6H3F5/c1-4(2-3-7)5(8)6(9,10)11/h1H3. The Morgan fingerprint density at radius 1 is 1.27 bits per heavy atom. The van der Waals surface area contributed by atoms with Gasteiger partial charge < -0.3 is 0 Å². The predicted molar refractivity (Wildman–Crippen MR) is 28.7 cm³/mol. The molecule has 0 fully saturated rings. The molecule has 0 saturated carbocycles. The number of alkyl halides is 3. The molecule has 0 heterocycles. The second-order valence-corrected chi connectivity index (χ2v) is 1.66. The summed E-state index contributed by atoms with van der Waals surface area (Å²) < 4.78 is 57.2. The summed E-state index contributed by atoms with van der Waals surface area (Å²) in [6.45, 7) is 0.745. The van der Waals surface area contributed by atoms with Gasteiger partial charge in [0.1, 0.15) is 6.17 Å². The molecule has 0 aromatic rings. The number of hydrogen-bond acceptors (Lipinski definition) is 0. The molecule has 5 heteroatoms. The van der Waals surface area contributed by atoms with Crippen LogP contribution < -0.4 is 0 Å². The summed E-state index contributed by atoms with van der Waals surface area (Å²) in [6, 6.07) is 0. The van der Waals surface area contributed by atoms with Gasteiger partial charge in [-0.05, 0) is 12.8 Å². The van der Waals surface area contributed by atoms with Crippen molar-refractivity contribution in [2.24, 2.45) is 0 Å². The van der Waals surface area contributed by atoms with E-state index >= 15 is 0 Å². The third-order valence-corrected chi connectivity index (χ3v) is 0.813. The number of allylic oxidation sites excluding steroid dienone is 2. The van der Waals surface area contributed by atoms with Crippen LogP contribution in [-0.2, 0) is 0 Å². The first-order chi connectivity index (χ1) is 4.89. The summed E-state index contributed by atoms with van der Waals surface area (Å²) in [4.78, 5) is 0. The van der Waals surface area contributed by atoms with Gasteiger partial charge in [-0.2, -0.15) is 13.2 Å². The van der Waals surface area contributed by atoms with Crippen LogP contribution in [-0.4, -0.2) is 6.18 Å². The lowest BCUT2D eigenvalue weighted by molar-refractivity contribution is -0.109. The van der Waals surface area contributed by atoms with Crippen molar-refractivity contribution in [3.8, 4) is 12.1 Å². The van der Waals surface area contributed by atoms with Crippen molar-refractivity contribution in [1.29, 1.82) is 0 Å². The van der Waals surface area contributed by atoms with Crippen LogP contribution >= 0.6 is 0 Å². The van der Waals surface area contributed by atoms with Gasteiger partial charge in [0, 0.05) is 5.57 Å². The fraction of sp³-hybridized carbons (Fsp3) is 0.333. The molecule has 0 unspecified atom stereocenters. The summed E-state index contributed by atoms with van der Waals surface area (Å²) in [5, 5.41) is 0. The number of halogens is 5. The molecule has 0 atom stereocenters. The second kappa shape index (κ2) is 3.37. The summed E-state index contributed by atoms with van der Waals surface area (Å²) in [5.74, 6) is -1.04. The van der Waals surface area contributed by atoms with Gasteiger partial charge in [0.25, 0.3) is 0 Å². The highest BCUT2D eigenvalue weighted by Crippen LogP contribution is 2.28. The maximum Gasteiger partial charge on any atom is 0.443 e. The molecule has 0 saturated heterocycles. The van der Waals surface area contributed by atoms with Gasteiger partial charge in [0.15, 0.2) is 0 Å². The zero-order chi connectivity index (χ0) is 9.07. The minimum atomic E-state index is -5.08. The van der Waals surface area contributed by atoms with E-state index in [9.17, 15) is 22.0 Å². The molecule has 0 nitrogen and oxygen atoms in total. The zero-order valence-corrected chi connectivity index (χ0v) is 5.39. The highest BCUT2D eigenvalue weighted by molar-refractivity contribution is 5.29. The third-order valence-electron chi connectivity index (χ3n) is 0.813. The van der Waals surface area contributed by atoms with Crippen LogP contribution in [0.25, 0.3) is 0 Å². The molecular formula is C6H3F5. The highest BCUT2D eigenvalue weighted by Gasteiger charge is 2.36. The summed E-state index contributed by atoms with van der Waals surface area (Å²) in [5.41, 5.74) is -0.958. The summed E-state index contributed by atoms with van der Waals surface area (Å²) in [7, 11) is 0. The Hall–Kier alpha value is -1.05. The average molecular weight is 170 g/mol. The number of rotatable bonds is 0. The van der Waals surface area contributed by atoms with Crippen LogP contribution in [0.15, 0.2) is 11.4 Å². The Morgan fingerprint density at radius 2 is 1.73 bits per heavy atom. The minimum Gasteiger partial charge on any atom is -0.201 e. The maximum atomic E-state index is 12.0. The van der Waals surface area contributed by atoms with Crippen LogP contribution in [0.1, 0.15) is 6.92 Å². The van der Waals surface area contributed by atoms with Crippen molar-refractivity contribution < 1.29 is 22.0 Å². The number of hydrogen-bond donors (Lipinski definition) is 0. The quantitative estimate of drug-likeness (QED) is 0.387. The molecule has 0 rings (SSSR count). The van der Waals surface area contributed by atoms with E-state index < -0.39 is 17.6 Å². The van der Waals surface area contributed by atoms with Gasteiger partial charge in [-0.3, -0.25) is 0 Å². The fourth-order valence-corrected chi connectivity index (χ4v) is 0.338. The Bertz CT molecular complexity index is 224. The topological polar surface area (TPSA) is 0 Å². The van der Waals surface area contributed by atoms with Gasteiger partial charge in [-0.25, -0.2) is 4.39 Å². The first kappa shape index (κ1) is 9.95. The average Bonchev–Trinajstić information content (AvgIpc) is 1.85. The Balaban J connectivity index is 4.77. The van der Waals surface area contributed by atoms with Crippen molar-refractivity contribution in [3.63, 3.8) is 0 Å². The molecule has 0 bridgehead atoms. The van der Waals surface area contributed by atoms with Crippen molar-refractivity contribution >= 4 is 0 Å². The van der Waals surface area contributed by atoms with E-state index in [4.69, 9.17) is 0 Å². The molecule has 11 heavy (non-hydrogen) atoms. The Labute approximate surface area is 59.7 Å². The lowest BCUT2D eigenvalue weighted by Crippen LogP contribution is -2.09. The lowest BCUT2D eigenvalue weighted by atomic mass is 10.3. The molecule has 0 radical (unpaired) electrons. The maximum absolute atomic E-state index is 12.0. The first-order valence-corrected chi connectivity index (χ1v) is 2.44. The lowest BCUT2D eigenvalue weighted by Gasteiger charge is -2.02. The third kappa shape index (κ3) is 3.03. The molecule has 0 spiro atoms. The van der Waals surface area contributed by atoms with E-state index in [2.05, 4.69) is 0 Å². The monoisotopic (exact) mass is 170 g/mol. The van der Waals surface area contributed by atoms with E-state index in [1.165, 1.54) is 5.92 Å². The van der Waals surface area contributed by atoms with Crippen LogP contribution in [0, 0.1) is 12.1 Å². The molecule has 0 aliphatic carbocycles. The van der Waals surface area contributed by atoms with Gasteiger partial charge in [0.05, 0.1) is 0 Å². The van der Waals surface area contributed by atoms with Crippen LogP contribution in [0.5, 0.6) is 0 Å². The minimum absolute atomic E-state index is 0.673. The molecule has 0 amide bonds. The van der Waals surface area contributed by atoms with E-state index in [-0.39, 0.29) is 0 Å². The highest BCUT2D eigenvalue weighted by atomic mass is 19.4. The Kier molecular flexibility index (Phi) is 3.05. The van der Waals surface area contributed by atoms with Crippen molar-refractivity contribution in [2.45, 2.75) is 13.1 Å². The fourth-order valence-electron chi connectivity index (χ4n) is 0.338. The van der Waals surface area contributed by atoms with Gasteiger partial charge in [0.2, 0.25) is 5.83 Å². The molecule has 0 aliphatic rings. The van der Waals surface area contributed by atoms with Gasteiger partial charge in [-0.1, -0.05) is 0 Å². The Morgan fingerprint density at radius 3 is 2.00 bits per heavy atom. The molecule has 62 valence electrons. The largest absolute Gasteiger partial charge is 0.443 e. The zero-order valence-electron chi connectivity index (χ0n) is 5.39. The van der Waals surface area contributed by atoms with E-state index in [1.807, 2.05) is 0 Å². The van der Waals surface area contributed by atoms with Gasteiger partial charge >= 0.3 is 6.18 Å². The van der Waals surface area contributed by atoms with Gasteiger partial charge in [-0.15, -0.1) is 4.39 Å². The van der Waals surface area contributed by atoms with E-state index in [0.29, 0.717) is 6.17 Å². The summed E-state index contributed by atoms with van der Waals surface area (Å²) in [6.07, 6.45) is -4.40.